The zero-order valence-electron chi connectivity index (χ0n) is 9.96. The molecule has 0 saturated carbocycles. The van der Waals surface area contributed by atoms with Crippen LogP contribution in [0.15, 0.2) is 24.3 Å². The van der Waals surface area contributed by atoms with Crippen LogP contribution in [0.25, 0.3) is 0 Å². The van der Waals surface area contributed by atoms with E-state index in [1.807, 2.05) is 24.3 Å². The minimum Gasteiger partial charge on any atom is -0.325 e. The number of carbonyl (C=O) groups is 1. The van der Waals surface area contributed by atoms with Crippen LogP contribution in [0.1, 0.15) is 31.7 Å². The molecule has 1 aromatic rings. The molecule has 0 aliphatic carbocycles. The summed E-state index contributed by atoms with van der Waals surface area (Å²) in [7, 11) is 0. The first-order chi connectivity index (χ1) is 8.13. The number of amides is 1. The van der Waals surface area contributed by atoms with Crippen molar-refractivity contribution in [1.82, 2.24) is 4.90 Å². The zero-order chi connectivity index (χ0) is 12.7. The Labute approximate surface area is 113 Å². The fourth-order valence-electron chi connectivity index (χ4n) is 1.59. The Kier molecular flexibility index (Phi) is 6.38. The molecule has 4 heteroatoms. The van der Waals surface area contributed by atoms with Crippen molar-refractivity contribution in [3.8, 4) is 0 Å². The van der Waals surface area contributed by atoms with Gasteiger partial charge in [-0.1, -0.05) is 43.5 Å². The topological polar surface area (TPSA) is 20.3 Å². The number of unbranched alkanes of at least 4 members (excludes halogenated alkanes) is 2. The van der Waals surface area contributed by atoms with E-state index in [1.54, 1.807) is 4.90 Å². The van der Waals surface area contributed by atoms with Gasteiger partial charge in [0.25, 0.3) is 0 Å². The lowest BCUT2D eigenvalue weighted by molar-refractivity contribution is 0.218. The van der Waals surface area contributed by atoms with Gasteiger partial charge in [-0.3, -0.25) is 4.79 Å². The second-order valence-electron chi connectivity index (χ2n) is 4.01. The lowest BCUT2D eigenvalue weighted by Crippen LogP contribution is -2.26. The van der Waals surface area contributed by atoms with E-state index in [-0.39, 0.29) is 0 Å². The first kappa shape index (κ1) is 14.3. The van der Waals surface area contributed by atoms with Gasteiger partial charge in [0.15, 0.2) is 0 Å². The van der Waals surface area contributed by atoms with Gasteiger partial charge in [-0.25, -0.2) is 0 Å². The van der Waals surface area contributed by atoms with Gasteiger partial charge in [0.05, 0.1) is 0 Å². The fraction of sp³-hybridized carbons (Fsp3) is 0.462. The Balaban J connectivity index is 2.54. The fourth-order valence-corrected chi connectivity index (χ4v) is 1.86. The Morgan fingerprint density at radius 2 is 1.88 bits per heavy atom. The van der Waals surface area contributed by atoms with Crippen LogP contribution in [0, 0.1) is 0 Å². The maximum Gasteiger partial charge on any atom is 0.316 e. The molecule has 1 aromatic carbocycles. The van der Waals surface area contributed by atoms with Crippen molar-refractivity contribution in [3.63, 3.8) is 0 Å². The molecule has 0 unspecified atom stereocenters. The molecule has 17 heavy (non-hydrogen) atoms. The number of carbonyl (C=O) groups excluding carboxylic acids is 1. The van der Waals surface area contributed by atoms with E-state index in [0.717, 1.165) is 24.8 Å². The van der Waals surface area contributed by atoms with Crippen molar-refractivity contribution in [1.29, 1.82) is 0 Å². The molecule has 0 N–H and O–H groups in total. The molecule has 0 bridgehead atoms. The van der Waals surface area contributed by atoms with Crippen molar-refractivity contribution in [2.45, 2.75) is 32.7 Å². The van der Waals surface area contributed by atoms with Crippen LogP contribution in [0.5, 0.6) is 0 Å². The van der Waals surface area contributed by atoms with Crippen LogP contribution in [0.3, 0.4) is 0 Å². The number of halogens is 2. The number of hydrogen-bond donors (Lipinski definition) is 0. The summed E-state index contributed by atoms with van der Waals surface area (Å²) in [6.07, 6.45) is 3.23. The van der Waals surface area contributed by atoms with E-state index in [1.165, 1.54) is 0 Å². The summed E-state index contributed by atoms with van der Waals surface area (Å²) < 4.78 is 0. The number of nitrogens with zero attached hydrogens (tertiary/aromatic N) is 1. The Morgan fingerprint density at radius 1 is 1.24 bits per heavy atom. The van der Waals surface area contributed by atoms with Crippen LogP contribution in [0.4, 0.5) is 4.79 Å². The summed E-state index contributed by atoms with van der Waals surface area (Å²) >= 11 is 11.4. The van der Waals surface area contributed by atoms with Crippen LogP contribution < -0.4 is 0 Å². The monoisotopic (exact) mass is 273 g/mol. The molecule has 1 rings (SSSR count). The summed E-state index contributed by atoms with van der Waals surface area (Å²) in [6, 6.07) is 7.46. The summed E-state index contributed by atoms with van der Waals surface area (Å²) in [6.45, 7) is 3.38. The molecule has 0 atom stereocenters. The molecule has 0 aliphatic heterocycles. The van der Waals surface area contributed by atoms with E-state index >= 15 is 0 Å². The number of hydrogen-bond acceptors (Lipinski definition) is 1. The quantitative estimate of drug-likeness (QED) is 0.418. The van der Waals surface area contributed by atoms with Gasteiger partial charge in [-0.15, -0.1) is 0 Å². The van der Waals surface area contributed by atoms with Crippen molar-refractivity contribution >= 4 is 28.6 Å². The third-order valence-electron chi connectivity index (χ3n) is 2.57. The van der Waals surface area contributed by atoms with Gasteiger partial charge in [0.2, 0.25) is 0 Å². The molecule has 1 amide bonds. The van der Waals surface area contributed by atoms with E-state index < -0.39 is 5.37 Å². The van der Waals surface area contributed by atoms with Gasteiger partial charge in [-0.05, 0) is 35.7 Å². The average molecular weight is 274 g/mol. The highest BCUT2D eigenvalue weighted by Gasteiger charge is 2.10. The molecular formula is C13H17Cl2NO. The van der Waals surface area contributed by atoms with Crippen LogP contribution >= 0.6 is 23.2 Å². The molecule has 2 nitrogen and oxygen atoms in total. The molecular weight excluding hydrogens is 257 g/mol. The third-order valence-corrected chi connectivity index (χ3v) is 3.06. The maximum atomic E-state index is 11.3. The first-order valence-electron chi connectivity index (χ1n) is 5.82. The van der Waals surface area contributed by atoms with Gasteiger partial charge >= 0.3 is 5.37 Å². The second-order valence-corrected chi connectivity index (χ2v) is 4.77. The lowest BCUT2D eigenvalue weighted by Gasteiger charge is -2.19. The lowest BCUT2D eigenvalue weighted by atomic mass is 10.2. The Bertz CT molecular complexity index is 351. The average Bonchev–Trinajstić information content (AvgIpc) is 2.30. The first-order valence-corrected chi connectivity index (χ1v) is 6.58. The van der Waals surface area contributed by atoms with E-state index in [0.29, 0.717) is 18.1 Å². The minimum absolute atomic E-state index is 0.393. The predicted octanol–water partition coefficient (Wildman–Crippen LogP) is 4.69. The van der Waals surface area contributed by atoms with Gasteiger partial charge in [0, 0.05) is 18.1 Å². The number of benzene rings is 1. The van der Waals surface area contributed by atoms with Gasteiger partial charge in [-0.2, -0.15) is 0 Å². The summed E-state index contributed by atoms with van der Waals surface area (Å²) in [5, 5.41) is 0.305. The van der Waals surface area contributed by atoms with Gasteiger partial charge in [0.1, 0.15) is 0 Å². The standard InChI is InChI=1S/C13H17Cl2NO/c1-2-3-4-9-16(13(15)17)10-11-5-7-12(14)8-6-11/h5-8H,2-4,9-10H2,1H3. The molecule has 0 aliphatic rings. The van der Waals surface area contributed by atoms with Crippen LogP contribution in [-0.2, 0) is 6.54 Å². The molecule has 0 radical (unpaired) electrons. The van der Waals surface area contributed by atoms with Crippen LogP contribution in [-0.4, -0.2) is 16.8 Å². The van der Waals surface area contributed by atoms with Gasteiger partial charge < -0.3 is 4.90 Å². The highest BCUT2D eigenvalue weighted by atomic mass is 35.5. The highest BCUT2D eigenvalue weighted by molar-refractivity contribution is 6.62. The van der Waals surface area contributed by atoms with Crippen molar-refractivity contribution < 1.29 is 4.79 Å². The molecule has 0 aromatic heterocycles. The SMILES string of the molecule is CCCCCN(Cc1ccc(Cl)cc1)C(=O)Cl. The Hall–Kier alpha value is -0.730. The minimum atomic E-state index is -0.393. The smallest absolute Gasteiger partial charge is 0.316 e. The molecule has 0 fully saturated rings. The summed E-state index contributed by atoms with van der Waals surface area (Å²) in [5.74, 6) is 0. The predicted molar refractivity (Wildman–Crippen MR) is 72.6 cm³/mol. The van der Waals surface area contributed by atoms with Crippen molar-refractivity contribution in [3.05, 3.63) is 34.9 Å². The zero-order valence-corrected chi connectivity index (χ0v) is 11.5. The largest absolute Gasteiger partial charge is 0.325 e. The highest BCUT2D eigenvalue weighted by Crippen LogP contribution is 2.13. The molecule has 0 heterocycles. The van der Waals surface area contributed by atoms with E-state index in [2.05, 4.69) is 6.92 Å². The normalized spacial score (nSPS) is 10.3. The Morgan fingerprint density at radius 3 is 2.41 bits per heavy atom. The summed E-state index contributed by atoms with van der Waals surface area (Å²) in [4.78, 5) is 12.9. The molecule has 0 saturated heterocycles. The molecule has 0 spiro atoms. The summed E-state index contributed by atoms with van der Waals surface area (Å²) in [5.41, 5.74) is 1.04. The number of rotatable bonds is 6. The van der Waals surface area contributed by atoms with E-state index in [4.69, 9.17) is 23.2 Å². The van der Waals surface area contributed by atoms with E-state index in [9.17, 15) is 4.79 Å². The maximum absolute atomic E-state index is 11.3. The second kappa shape index (κ2) is 7.57. The van der Waals surface area contributed by atoms with Crippen molar-refractivity contribution in [2.24, 2.45) is 0 Å². The molecule has 94 valence electrons. The van der Waals surface area contributed by atoms with Crippen LogP contribution in [0.2, 0.25) is 5.02 Å². The third kappa shape index (κ3) is 5.42. The van der Waals surface area contributed by atoms with Crippen molar-refractivity contribution in [2.75, 3.05) is 6.54 Å².